The van der Waals surface area contributed by atoms with E-state index in [0.717, 1.165) is 11.3 Å². The average Bonchev–Trinajstić information content (AvgIpc) is 2.48. The van der Waals surface area contributed by atoms with E-state index in [4.69, 9.17) is 5.73 Å². The predicted molar refractivity (Wildman–Crippen MR) is 41.6 cm³/mol. The zero-order valence-corrected chi connectivity index (χ0v) is 7.45. The summed E-state index contributed by atoms with van der Waals surface area (Å²) < 4.78 is 40.8. The minimum Gasteiger partial charge on any atom is -0.473 e. The molecule has 0 aliphatic rings. The van der Waals surface area contributed by atoms with Gasteiger partial charge in [0.15, 0.2) is 0 Å². The fourth-order valence-corrected chi connectivity index (χ4v) is 1.35. The lowest BCUT2D eigenvalue weighted by Crippen LogP contribution is -2.28. The van der Waals surface area contributed by atoms with Gasteiger partial charge in [-0.1, -0.05) is 11.3 Å². The molecule has 0 bridgehead atoms. The van der Waals surface area contributed by atoms with Gasteiger partial charge in [0.05, 0.1) is 12.8 Å². The molecule has 3 nitrogen and oxygen atoms in total. The Hall–Kier alpha value is -0.820. The number of rotatable bonds is 2. The van der Waals surface area contributed by atoms with Gasteiger partial charge < -0.3 is 10.5 Å². The van der Waals surface area contributed by atoms with E-state index in [0.29, 0.717) is 0 Å². The maximum Gasteiger partial charge on any atom is 0.409 e. The summed E-state index contributed by atoms with van der Waals surface area (Å²) >= 11 is 0.981. The number of thiazole rings is 1. The van der Waals surface area contributed by atoms with Crippen LogP contribution in [0, 0.1) is 0 Å². The second-order valence-electron chi connectivity index (χ2n) is 2.26. The highest BCUT2D eigenvalue weighted by Gasteiger charge is 2.39. The first-order valence-corrected chi connectivity index (χ1v) is 4.15. The van der Waals surface area contributed by atoms with Gasteiger partial charge in [0, 0.05) is 5.38 Å². The molecule has 1 heterocycles. The van der Waals surface area contributed by atoms with Crippen molar-refractivity contribution in [3.8, 4) is 5.19 Å². The van der Waals surface area contributed by atoms with Gasteiger partial charge in [0.25, 0.3) is 5.19 Å². The molecule has 1 atom stereocenters. The third-order valence-corrected chi connectivity index (χ3v) is 2.17. The van der Waals surface area contributed by atoms with Crippen molar-refractivity contribution in [3.05, 3.63) is 11.1 Å². The zero-order valence-electron chi connectivity index (χ0n) is 6.63. The summed E-state index contributed by atoms with van der Waals surface area (Å²) in [6, 6.07) is -2.03. The van der Waals surface area contributed by atoms with Gasteiger partial charge in [0.1, 0.15) is 6.04 Å². The van der Waals surface area contributed by atoms with Crippen molar-refractivity contribution in [2.75, 3.05) is 7.11 Å². The fraction of sp³-hybridized carbons (Fsp3) is 0.500. The molecule has 74 valence electrons. The van der Waals surface area contributed by atoms with Crippen LogP contribution in [0.15, 0.2) is 5.38 Å². The molecule has 0 aromatic carbocycles. The van der Waals surface area contributed by atoms with E-state index in [1.165, 1.54) is 12.5 Å². The van der Waals surface area contributed by atoms with E-state index < -0.39 is 12.2 Å². The Balaban J connectivity index is 2.83. The van der Waals surface area contributed by atoms with Crippen LogP contribution in [0.25, 0.3) is 0 Å². The topological polar surface area (TPSA) is 48.1 Å². The van der Waals surface area contributed by atoms with Crippen LogP contribution in [0.3, 0.4) is 0 Å². The van der Waals surface area contributed by atoms with Gasteiger partial charge in [-0.15, -0.1) is 0 Å². The van der Waals surface area contributed by atoms with Crippen molar-refractivity contribution in [3.63, 3.8) is 0 Å². The molecule has 1 aromatic rings. The molecule has 0 aliphatic carbocycles. The lowest BCUT2D eigenvalue weighted by molar-refractivity contribution is -0.149. The molecule has 1 unspecified atom stereocenters. The Morgan fingerprint density at radius 2 is 2.23 bits per heavy atom. The molecule has 1 rings (SSSR count). The normalized spacial score (nSPS) is 14.2. The van der Waals surface area contributed by atoms with Crippen LogP contribution in [0.2, 0.25) is 0 Å². The molecule has 1 aromatic heterocycles. The van der Waals surface area contributed by atoms with Crippen molar-refractivity contribution < 1.29 is 17.9 Å². The maximum atomic E-state index is 12.0. The second-order valence-corrected chi connectivity index (χ2v) is 3.08. The van der Waals surface area contributed by atoms with Crippen molar-refractivity contribution >= 4 is 11.3 Å². The van der Waals surface area contributed by atoms with E-state index in [1.54, 1.807) is 0 Å². The Labute approximate surface area is 76.3 Å². The van der Waals surface area contributed by atoms with E-state index in [2.05, 4.69) is 9.72 Å². The molecule has 0 amide bonds. The lowest BCUT2D eigenvalue weighted by Gasteiger charge is -2.12. The van der Waals surface area contributed by atoms with Crippen LogP contribution in [0.1, 0.15) is 11.7 Å². The Morgan fingerprint density at radius 3 is 2.62 bits per heavy atom. The first-order valence-electron chi connectivity index (χ1n) is 3.27. The molecule has 0 fully saturated rings. The van der Waals surface area contributed by atoms with Crippen LogP contribution in [0.4, 0.5) is 13.2 Å². The quantitative estimate of drug-likeness (QED) is 0.811. The first-order chi connectivity index (χ1) is 5.95. The summed E-state index contributed by atoms with van der Waals surface area (Å²) in [6.45, 7) is 0. The number of hydrogen-bond donors (Lipinski definition) is 1. The van der Waals surface area contributed by atoms with E-state index in [1.807, 2.05) is 0 Å². The number of halogens is 3. The predicted octanol–water partition coefficient (Wildman–Crippen LogP) is 1.71. The Morgan fingerprint density at radius 1 is 1.62 bits per heavy atom. The van der Waals surface area contributed by atoms with Gasteiger partial charge in [-0.2, -0.15) is 13.2 Å². The SMILES string of the molecule is COc1nc(C(N)C(F)(F)F)cs1. The van der Waals surface area contributed by atoms with E-state index in [-0.39, 0.29) is 10.9 Å². The minimum atomic E-state index is -4.46. The Bertz CT molecular complexity index is 286. The highest BCUT2D eigenvalue weighted by molar-refractivity contribution is 7.11. The minimum absolute atomic E-state index is 0.176. The van der Waals surface area contributed by atoms with Crippen LogP contribution in [-0.2, 0) is 0 Å². The average molecular weight is 212 g/mol. The van der Waals surface area contributed by atoms with Crippen molar-refractivity contribution in [1.82, 2.24) is 4.98 Å². The van der Waals surface area contributed by atoms with Crippen LogP contribution in [-0.4, -0.2) is 18.3 Å². The van der Waals surface area contributed by atoms with Crippen LogP contribution < -0.4 is 10.5 Å². The first kappa shape index (κ1) is 10.3. The number of alkyl halides is 3. The second kappa shape index (κ2) is 3.51. The van der Waals surface area contributed by atoms with Gasteiger partial charge >= 0.3 is 6.18 Å². The lowest BCUT2D eigenvalue weighted by atomic mass is 10.2. The fourth-order valence-electron chi connectivity index (χ4n) is 0.673. The summed E-state index contributed by atoms with van der Waals surface area (Å²) in [4.78, 5) is 3.55. The molecule has 13 heavy (non-hydrogen) atoms. The number of methoxy groups -OCH3 is 1. The number of aromatic nitrogens is 1. The highest BCUT2D eigenvalue weighted by atomic mass is 32.1. The van der Waals surface area contributed by atoms with Gasteiger partial charge in [0.2, 0.25) is 0 Å². The van der Waals surface area contributed by atoms with Crippen molar-refractivity contribution in [1.29, 1.82) is 0 Å². The smallest absolute Gasteiger partial charge is 0.409 e. The molecule has 0 saturated carbocycles. The summed E-state index contributed by atoms with van der Waals surface area (Å²) in [5.41, 5.74) is 4.69. The number of nitrogens with zero attached hydrogens (tertiary/aromatic N) is 1. The van der Waals surface area contributed by atoms with Gasteiger partial charge in [-0.3, -0.25) is 0 Å². The Kier molecular flexibility index (Phi) is 2.77. The van der Waals surface area contributed by atoms with Crippen molar-refractivity contribution in [2.45, 2.75) is 12.2 Å². The number of ether oxygens (including phenoxy) is 1. The van der Waals surface area contributed by atoms with E-state index >= 15 is 0 Å². The van der Waals surface area contributed by atoms with E-state index in [9.17, 15) is 13.2 Å². The summed E-state index contributed by atoms with van der Waals surface area (Å²) in [7, 11) is 1.34. The molecular formula is C6H7F3N2OS. The monoisotopic (exact) mass is 212 g/mol. The van der Waals surface area contributed by atoms with Gasteiger partial charge in [-0.05, 0) is 0 Å². The molecule has 0 aliphatic heterocycles. The molecular weight excluding hydrogens is 205 g/mol. The van der Waals surface area contributed by atoms with Crippen molar-refractivity contribution in [2.24, 2.45) is 5.73 Å². The van der Waals surface area contributed by atoms with Crippen LogP contribution in [0.5, 0.6) is 5.19 Å². The maximum absolute atomic E-state index is 12.0. The van der Waals surface area contributed by atoms with Crippen LogP contribution >= 0.6 is 11.3 Å². The third-order valence-electron chi connectivity index (χ3n) is 1.35. The summed E-state index contributed by atoms with van der Waals surface area (Å²) in [5, 5.41) is 1.41. The summed E-state index contributed by atoms with van der Waals surface area (Å²) in [5.74, 6) is 0. The number of hydrogen-bond acceptors (Lipinski definition) is 4. The molecule has 0 saturated heterocycles. The largest absolute Gasteiger partial charge is 0.473 e. The molecule has 0 spiro atoms. The zero-order chi connectivity index (χ0) is 10.1. The molecule has 0 radical (unpaired) electrons. The number of nitrogens with two attached hydrogens (primary N) is 1. The standard InChI is InChI=1S/C6H7F3N2OS/c1-12-5-11-3(2-13-5)4(10)6(7,8)9/h2,4H,10H2,1H3. The highest BCUT2D eigenvalue weighted by Crippen LogP contribution is 2.32. The molecule has 7 heteroatoms. The third kappa shape index (κ3) is 2.31. The molecule has 2 N–H and O–H groups in total. The van der Waals surface area contributed by atoms with Gasteiger partial charge in [-0.25, -0.2) is 4.98 Å². The summed E-state index contributed by atoms with van der Waals surface area (Å²) in [6.07, 6.45) is -4.46.